The third-order valence-corrected chi connectivity index (χ3v) is 4.71. The third kappa shape index (κ3) is 4.03. The van der Waals surface area contributed by atoms with E-state index in [4.69, 9.17) is 0 Å². The molecule has 0 radical (unpaired) electrons. The van der Waals surface area contributed by atoms with Crippen LogP contribution >= 0.6 is 15.9 Å². The second-order valence-corrected chi connectivity index (χ2v) is 7.57. The molecule has 0 amide bonds. The highest BCUT2D eigenvalue weighted by Gasteiger charge is 2.28. The van der Waals surface area contributed by atoms with Crippen molar-refractivity contribution in [3.8, 4) is 0 Å². The van der Waals surface area contributed by atoms with Gasteiger partial charge in [0.05, 0.1) is 0 Å². The van der Waals surface area contributed by atoms with Crippen LogP contribution in [0.3, 0.4) is 0 Å². The quantitative estimate of drug-likeness (QED) is 0.750. The monoisotopic (exact) mass is 327 g/mol. The number of benzene rings is 1. The Morgan fingerprint density at radius 3 is 2.42 bits per heavy atom. The fourth-order valence-corrected chi connectivity index (χ4v) is 3.18. The number of nitrogens with zero attached hydrogens (tertiary/aromatic N) is 1. The molecular formula is C16H23BrFN. The maximum atomic E-state index is 13.8. The molecule has 3 heteroatoms. The molecule has 0 spiro atoms. The largest absolute Gasteiger partial charge is 0.299 e. The molecule has 0 N–H and O–H groups in total. The Hall–Kier alpha value is -0.410. The van der Waals surface area contributed by atoms with Crippen molar-refractivity contribution in [2.24, 2.45) is 11.3 Å². The molecule has 1 aliphatic heterocycles. The second-order valence-electron chi connectivity index (χ2n) is 6.65. The van der Waals surface area contributed by atoms with Gasteiger partial charge in [-0.3, -0.25) is 4.90 Å². The summed E-state index contributed by atoms with van der Waals surface area (Å²) in [7, 11) is 0. The van der Waals surface area contributed by atoms with Gasteiger partial charge in [-0.2, -0.15) is 0 Å². The van der Waals surface area contributed by atoms with E-state index in [2.05, 4.69) is 41.6 Å². The SMILES string of the molecule is CC(C)(C)C1CCN(Cc2ccc(Br)cc2F)CC1. The number of likely N-dealkylation sites (tertiary alicyclic amines) is 1. The smallest absolute Gasteiger partial charge is 0.128 e. The molecule has 0 unspecified atom stereocenters. The number of piperidine rings is 1. The van der Waals surface area contributed by atoms with Gasteiger partial charge in [0, 0.05) is 16.6 Å². The summed E-state index contributed by atoms with van der Waals surface area (Å²) in [6.45, 7) is 9.86. The van der Waals surface area contributed by atoms with E-state index < -0.39 is 0 Å². The number of hydrogen-bond donors (Lipinski definition) is 0. The third-order valence-electron chi connectivity index (χ3n) is 4.22. The molecule has 1 saturated heterocycles. The summed E-state index contributed by atoms with van der Waals surface area (Å²) in [6.07, 6.45) is 2.45. The summed E-state index contributed by atoms with van der Waals surface area (Å²) in [6, 6.07) is 5.35. The predicted octanol–water partition coefficient (Wildman–Crippen LogP) is 4.85. The van der Waals surface area contributed by atoms with Crippen molar-refractivity contribution in [1.82, 2.24) is 4.90 Å². The lowest BCUT2D eigenvalue weighted by Crippen LogP contribution is -2.37. The first-order valence-corrected chi connectivity index (χ1v) is 7.82. The molecule has 2 rings (SSSR count). The van der Waals surface area contributed by atoms with Crippen molar-refractivity contribution >= 4 is 15.9 Å². The Bertz CT molecular complexity index is 431. The molecule has 0 saturated carbocycles. The number of hydrogen-bond acceptors (Lipinski definition) is 1. The van der Waals surface area contributed by atoms with E-state index >= 15 is 0 Å². The zero-order chi connectivity index (χ0) is 14.0. The molecule has 1 aliphatic rings. The fourth-order valence-electron chi connectivity index (χ4n) is 2.85. The van der Waals surface area contributed by atoms with Gasteiger partial charge in [-0.05, 0) is 49.4 Å². The van der Waals surface area contributed by atoms with Crippen LogP contribution in [0.4, 0.5) is 4.39 Å². The zero-order valence-corrected chi connectivity index (χ0v) is 13.6. The van der Waals surface area contributed by atoms with Crippen LogP contribution in [0.25, 0.3) is 0 Å². The summed E-state index contributed by atoms with van der Waals surface area (Å²) >= 11 is 3.30. The van der Waals surface area contributed by atoms with Gasteiger partial charge in [0.15, 0.2) is 0 Å². The first kappa shape index (κ1) is 15.0. The van der Waals surface area contributed by atoms with Crippen LogP contribution in [0, 0.1) is 17.2 Å². The average Bonchev–Trinajstić information content (AvgIpc) is 2.32. The zero-order valence-electron chi connectivity index (χ0n) is 12.0. The van der Waals surface area contributed by atoms with Crippen LogP contribution in [0.5, 0.6) is 0 Å². The van der Waals surface area contributed by atoms with Gasteiger partial charge in [-0.15, -0.1) is 0 Å². The Kier molecular flexibility index (Phi) is 4.67. The molecule has 0 aliphatic carbocycles. The van der Waals surface area contributed by atoms with Gasteiger partial charge in [-0.1, -0.05) is 42.8 Å². The van der Waals surface area contributed by atoms with Crippen molar-refractivity contribution < 1.29 is 4.39 Å². The van der Waals surface area contributed by atoms with Crippen molar-refractivity contribution in [1.29, 1.82) is 0 Å². The van der Waals surface area contributed by atoms with Crippen LogP contribution in [-0.2, 0) is 6.54 Å². The summed E-state index contributed by atoms with van der Waals surface area (Å²) in [5, 5.41) is 0. The highest BCUT2D eigenvalue weighted by atomic mass is 79.9. The van der Waals surface area contributed by atoms with Crippen molar-refractivity contribution in [2.75, 3.05) is 13.1 Å². The van der Waals surface area contributed by atoms with E-state index in [1.165, 1.54) is 12.8 Å². The topological polar surface area (TPSA) is 3.24 Å². The molecular weight excluding hydrogens is 305 g/mol. The van der Waals surface area contributed by atoms with Gasteiger partial charge in [0.25, 0.3) is 0 Å². The van der Waals surface area contributed by atoms with Gasteiger partial charge in [0.2, 0.25) is 0 Å². The standard InChI is InChI=1S/C16H23BrFN/c1-16(2,3)13-6-8-19(9-7-13)11-12-4-5-14(17)10-15(12)18/h4-5,10,13H,6-9,11H2,1-3H3. The Labute approximate surface area is 124 Å². The van der Waals surface area contributed by atoms with E-state index in [0.29, 0.717) is 5.41 Å². The van der Waals surface area contributed by atoms with Gasteiger partial charge in [-0.25, -0.2) is 4.39 Å². The average molecular weight is 328 g/mol. The Morgan fingerprint density at radius 2 is 1.89 bits per heavy atom. The minimum Gasteiger partial charge on any atom is -0.299 e. The lowest BCUT2D eigenvalue weighted by atomic mass is 9.75. The molecule has 0 aromatic heterocycles. The molecule has 0 atom stereocenters. The summed E-state index contributed by atoms with van der Waals surface area (Å²) < 4.78 is 14.6. The first-order valence-electron chi connectivity index (χ1n) is 7.02. The van der Waals surface area contributed by atoms with Crippen molar-refractivity contribution in [2.45, 2.75) is 40.2 Å². The van der Waals surface area contributed by atoms with Crippen LogP contribution in [0.15, 0.2) is 22.7 Å². The van der Waals surface area contributed by atoms with Gasteiger partial charge in [0.1, 0.15) is 5.82 Å². The Morgan fingerprint density at radius 1 is 1.26 bits per heavy atom. The minimum atomic E-state index is -0.104. The lowest BCUT2D eigenvalue weighted by Gasteiger charge is -2.38. The molecule has 1 heterocycles. The highest BCUT2D eigenvalue weighted by molar-refractivity contribution is 9.10. The minimum absolute atomic E-state index is 0.104. The van der Waals surface area contributed by atoms with Crippen LogP contribution in [0.2, 0.25) is 0 Å². The molecule has 1 fully saturated rings. The van der Waals surface area contributed by atoms with E-state index in [1.807, 2.05) is 12.1 Å². The molecule has 1 aromatic carbocycles. The van der Waals surface area contributed by atoms with Crippen LogP contribution < -0.4 is 0 Å². The molecule has 0 bridgehead atoms. The molecule has 1 aromatic rings. The molecule has 106 valence electrons. The normalized spacial score (nSPS) is 18.8. The van der Waals surface area contributed by atoms with E-state index in [1.54, 1.807) is 6.07 Å². The van der Waals surface area contributed by atoms with Crippen molar-refractivity contribution in [3.05, 3.63) is 34.1 Å². The number of halogens is 2. The van der Waals surface area contributed by atoms with Crippen LogP contribution in [-0.4, -0.2) is 18.0 Å². The second kappa shape index (κ2) is 5.92. The first-order chi connectivity index (χ1) is 8.86. The predicted molar refractivity (Wildman–Crippen MR) is 81.6 cm³/mol. The van der Waals surface area contributed by atoms with E-state index in [0.717, 1.165) is 35.6 Å². The molecule has 1 nitrogen and oxygen atoms in total. The highest BCUT2D eigenvalue weighted by Crippen LogP contribution is 2.34. The van der Waals surface area contributed by atoms with Gasteiger partial charge < -0.3 is 0 Å². The fraction of sp³-hybridized carbons (Fsp3) is 0.625. The van der Waals surface area contributed by atoms with Gasteiger partial charge >= 0.3 is 0 Å². The lowest BCUT2D eigenvalue weighted by molar-refractivity contribution is 0.107. The Balaban J connectivity index is 1.92. The summed E-state index contributed by atoms with van der Waals surface area (Å²) in [5.41, 5.74) is 1.20. The maximum Gasteiger partial charge on any atom is 0.128 e. The van der Waals surface area contributed by atoms with Crippen LogP contribution in [0.1, 0.15) is 39.2 Å². The molecule has 19 heavy (non-hydrogen) atoms. The van der Waals surface area contributed by atoms with Crippen molar-refractivity contribution in [3.63, 3.8) is 0 Å². The van der Waals surface area contributed by atoms with E-state index in [-0.39, 0.29) is 5.82 Å². The summed E-state index contributed by atoms with van der Waals surface area (Å²) in [5.74, 6) is 0.686. The maximum absolute atomic E-state index is 13.8. The van der Waals surface area contributed by atoms with E-state index in [9.17, 15) is 4.39 Å². The number of rotatable bonds is 2. The summed E-state index contributed by atoms with van der Waals surface area (Å²) in [4.78, 5) is 2.37.